The van der Waals surface area contributed by atoms with Gasteiger partial charge in [-0.1, -0.05) is 0 Å². The van der Waals surface area contributed by atoms with Crippen LogP contribution in [0.3, 0.4) is 0 Å². The lowest BCUT2D eigenvalue weighted by Gasteiger charge is -2.31. The molecular weight excluding hydrogens is 296 g/mol. The Balaban J connectivity index is 1.83. The second-order valence-corrected chi connectivity index (χ2v) is 5.91. The molecule has 0 unspecified atom stereocenters. The lowest BCUT2D eigenvalue weighted by atomic mass is 9.97. The SMILES string of the molecule is CC(C)OCCOC(=O)[C@@H]1CCCN(C(=O)c2ccncc2)C1. The number of nitrogens with zero attached hydrogens (tertiary/aromatic N) is 2. The van der Waals surface area contributed by atoms with E-state index in [2.05, 4.69) is 4.98 Å². The molecule has 126 valence electrons. The third-order valence-corrected chi connectivity index (χ3v) is 3.75. The zero-order valence-corrected chi connectivity index (χ0v) is 13.7. The normalized spacial score (nSPS) is 18.0. The summed E-state index contributed by atoms with van der Waals surface area (Å²) in [5.74, 6) is -0.564. The fourth-order valence-corrected chi connectivity index (χ4v) is 2.57. The van der Waals surface area contributed by atoms with Crippen LogP contribution >= 0.6 is 0 Å². The molecular formula is C17H24N2O4. The standard InChI is InChI=1S/C17H24N2O4/c1-13(2)22-10-11-23-17(21)15-4-3-9-19(12-15)16(20)14-5-7-18-8-6-14/h5-8,13,15H,3-4,9-12H2,1-2H3/t15-/m1/s1. The lowest BCUT2D eigenvalue weighted by molar-refractivity contribution is -0.152. The van der Waals surface area contributed by atoms with Gasteiger partial charge in [-0.2, -0.15) is 0 Å². The van der Waals surface area contributed by atoms with Crippen LogP contribution in [0.2, 0.25) is 0 Å². The van der Waals surface area contributed by atoms with E-state index in [1.54, 1.807) is 29.4 Å². The second kappa shape index (κ2) is 8.62. The third kappa shape index (κ3) is 5.32. The molecule has 6 heteroatoms. The summed E-state index contributed by atoms with van der Waals surface area (Å²) in [4.78, 5) is 30.2. The van der Waals surface area contributed by atoms with Crippen LogP contribution in [0.25, 0.3) is 0 Å². The van der Waals surface area contributed by atoms with Gasteiger partial charge in [0.1, 0.15) is 6.61 Å². The molecule has 1 fully saturated rings. The number of piperidine rings is 1. The molecule has 0 radical (unpaired) electrons. The highest BCUT2D eigenvalue weighted by Crippen LogP contribution is 2.19. The Bertz CT molecular complexity index is 519. The molecule has 0 bridgehead atoms. The quantitative estimate of drug-likeness (QED) is 0.591. The van der Waals surface area contributed by atoms with Gasteiger partial charge < -0.3 is 14.4 Å². The summed E-state index contributed by atoms with van der Waals surface area (Å²) in [6.45, 7) is 5.60. The minimum atomic E-state index is -0.256. The maximum absolute atomic E-state index is 12.4. The Morgan fingerprint density at radius 1 is 1.30 bits per heavy atom. The van der Waals surface area contributed by atoms with E-state index in [1.807, 2.05) is 13.8 Å². The first-order chi connectivity index (χ1) is 11.1. The minimum Gasteiger partial charge on any atom is -0.463 e. The topological polar surface area (TPSA) is 68.7 Å². The summed E-state index contributed by atoms with van der Waals surface area (Å²) in [6, 6.07) is 3.38. The molecule has 1 aromatic rings. The molecule has 1 saturated heterocycles. The molecule has 0 aromatic carbocycles. The van der Waals surface area contributed by atoms with E-state index in [0.29, 0.717) is 25.3 Å². The van der Waals surface area contributed by atoms with Crippen molar-refractivity contribution in [2.45, 2.75) is 32.8 Å². The zero-order valence-electron chi connectivity index (χ0n) is 13.7. The van der Waals surface area contributed by atoms with Gasteiger partial charge in [-0.25, -0.2) is 0 Å². The van der Waals surface area contributed by atoms with Gasteiger partial charge in [0.25, 0.3) is 5.91 Å². The summed E-state index contributed by atoms with van der Waals surface area (Å²) in [7, 11) is 0. The number of esters is 1. The van der Waals surface area contributed by atoms with Crippen molar-refractivity contribution in [3.63, 3.8) is 0 Å². The molecule has 23 heavy (non-hydrogen) atoms. The van der Waals surface area contributed by atoms with Gasteiger partial charge in [0.05, 0.1) is 18.6 Å². The van der Waals surface area contributed by atoms with Crippen molar-refractivity contribution in [3.8, 4) is 0 Å². The van der Waals surface area contributed by atoms with E-state index < -0.39 is 0 Å². The summed E-state index contributed by atoms with van der Waals surface area (Å²) in [5, 5.41) is 0. The number of pyridine rings is 1. The first-order valence-electron chi connectivity index (χ1n) is 8.05. The van der Waals surface area contributed by atoms with Crippen molar-refractivity contribution in [1.82, 2.24) is 9.88 Å². The van der Waals surface area contributed by atoms with Gasteiger partial charge in [-0.15, -0.1) is 0 Å². The number of hydrogen-bond donors (Lipinski definition) is 0. The summed E-state index contributed by atoms with van der Waals surface area (Å²) < 4.78 is 10.6. The van der Waals surface area contributed by atoms with Crippen LogP contribution in [0.1, 0.15) is 37.0 Å². The Labute approximate surface area is 136 Å². The lowest BCUT2D eigenvalue weighted by Crippen LogP contribution is -2.43. The monoisotopic (exact) mass is 320 g/mol. The summed E-state index contributed by atoms with van der Waals surface area (Å²) >= 11 is 0. The fourth-order valence-electron chi connectivity index (χ4n) is 2.57. The van der Waals surface area contributed by atoms with Crippen LogP contribution < -0.4 is 0 Å². The van der Waals surface area contributed by atoms with Gasteiger partial charge in [0, 0.05) is 31.0 Å². The van der Waals surface area contributed by atoms with E-state index in [1.165, 1.54) is 0 Å². The maximum atomic E-state index is 12.4. The van der Waals surface area contributed by atoms with E-state index in [0.717, 1.165) is 12.8 Å². The molecule has 1 aliphatic rings. The van der Waals surface area contributed by atoms with Gasteiger partial charge in [0.15, 0.2) is 0 Å². The highest BCUT2D eigenvalue weighted by molar-refractivity contribution is 5.94. The molecule has 2 heterocycles. The number of ether oxygens (including phenoxy) is 2. The highest BCUT2D eigenvalue weighted by Gasteiger charge is 2.29. The Morgan fingerprint density at radius 2 is 2.04 bits per heavy atom. The van der Waals surface area contributed by atoms with E-state index in [9.17, 15) is 9.59 Å². The Hall–Kier alpha value is -1.95. The van der Waals surface area contributed by atoms with Gasteiger partial charge >= 0.3 is 5.97 Å². The molecule has 1 amide bonds. The number of carbonyl (C=O) groups is 2. The van der Waals surface area contributed by atoms with Gasteiger partial charge in [-0.05, 0) is 38.8 Å². The highest BCUT2D eigenvalue weighted by atomic mass is 16.6. The minimum absolute atomic E-state index is 0.0620. The molecule has 1 atom stereocenters. The van der Waals surface area contributed by atoms with E-state index in [-0.39, 0.29) is 30.5 Å². The van der Waals surface area contributed by atoms with Crippen molar-refractivity contribution in [1.29, 1.82) is 0 Å². The average molecular weight is 320 g/mol. The fraction of sp³-hybridized carbons (Fsp3) is 0.588. The number of amides is 1. The predicted molar refractivity (Wildman–Crippen MR) is 84.9 cm³/mol. The van der Waals surface area contributed by atoms with Crippen LogP contribution in [0.4, 0.5) is 0 Å². The van der Waals surface area contributed by atoms with Crippen LogP contribution in [0.15, 0.2) is 24.5 Å². The molecule has 1 aromatic heterocycles. The average Bonchev–Trinajstić information content (AvgIpc) is 2.58. The number of hydrogen-bond acceptors (Lipinski definition) is 5. The van der Waals surface area contributed by atoms with Crippen LogP contribution in [0.5, 0.6) is 0 Å². The van der Waals surface area contributed by atoms with E-state index in [4.69, 9.17) is 9.47 Å². The number of likely N-dealkylation sites (tertiary alicyclic amines) is 1. The smallest absolute Gasteiger partial charge is 0.310 e. The third-order valence-electron chi connectivity index (χ3n) is 3.75. The molecule has 0 aliphatic carbocycles. The van der Waals surface area contributed by atoms with Gasteiger partial charge in [-0.3, -0.25) is 14.6 Å². The predicted octanol–water partition coefficient (Wildman–Crippen LogP) is 1.90. The molecule has 0 saturated carbocycles. The largest absolute Gasteiger partial charge is 0.463 e. The summed E-state index contributed by atoms with van der Waals surface area (Å²) in [5.41, 5.74) is 0.597. The summed E-state index contributed by atoms with van der Waals surface area (Å²) in [6.07, 6.45) is 4.87. The van der Waals surface area contributed by atoms with Crippen molar-refractivity contribution in [2.24, 2.45) is 5.92 Å². The first-order valence-corrected chi connectivity index (χ1v) is 8.05. The van der Waals surface area contributed by atoms with Crippen LogP contribution in [0, 0.1) is 5.92 Å². The second-order valence-electron chi connectivity index (χ2n) is 5.91. The first kappa shape index (κ1) is 17.4. The number of carbonyl (C=O) groups excluding carboxylic acids is 2. The van der Waals surface area contributed by atoms with Crippen molar-refractivity contribution >= 4 is 11.9 Å². The molecule has 2 rings (SSSR count). The molecule has 1 aliphatic heterocycles. The van der Waals surface area contributed by atoms with Crippen molar-refractivity contribution in [3.05, 3.63) is 30.1 Å². The van der Waals surface area contributed by atoms with E-state index >= 15 is 0 Å². The molecule has 0 N–H and O–H groups in total. The van der Waals surface area contributed by atoms with Crippen LogP contribution in [-0.4, -0.2) is 54.2 Å². The maximum Gasteiger partial charge on any atom is 0.310 e. The number of aromatic nitrogens is 1. The Morgan fingerprint density at radius 3 is 2.74 bits per heavy atom. The van der Waals surface area contributed by atoms with Crippen molar-refractivity contribution < 1.29 is 19.1 Å². The van der Waals surface area contributed by atoms with Crippen LogP contribution in [-0.2, 0) is 14.3 Å². The van der Waals surface area contributed by atoms with Gasteiger partial charge in [0.2, 0.25) is 0 Å². The Kier molecular flexibility index (Phi) is 6.52. The number of rotatable bonds is 6. The molecule has 0 spiro atoms. The zero-order chi connectivity index (χ0) is 16.7. The van der Waals surface area contributed by atoms with Crippen molar-refractivity contribution in [2.75, 3.05) is 26.3 Å². The molecule has 6 nitrogen and oxygen atoms in total.